The molecule has 0 spiro atoms. The molecule has 3 nitrogen and oxygen atoms in total. The highest BCUT2D eigenvalue weighted by Gasteiger charge is 2.23. The minimum Gasteiger partial charge on any atom is -0.460 e. The van der Waals surface area contributed by atoms with Crippen molar-refractivity contribution in [1.29, 1.82) is 0 Å². The Balaban J connectivity index is 2.54. The Morgan fingerprint density at radius 1 is 1.33 bits per heavy atom. The van der Waals surface area contributed by atoms with Gasteiger partial charge in [0.15, 0.2) is 0 Å². The second-order valence-electron chi connectivity index (χ2n) is 3.30. The molecule has 15 heavy (non-hydrogen) atoms. The van der Waals surface area contributed by atoms with Crippen LogP contribution in [-0.2, 0) is 9.05 Å². The van der Waals surface area contributed by atoms with Crippen LogP contribution >= 0.6 is 10.7 Å². The Bertz CT molecular complexity index is 552. The molecule has 5 heteroatoms. The van der Waals surface area contributed by atoms with Crippen molar-refractivity contribution in [3.8, 4) is 0 Å². The van der Waals surface area contributed by atoms with Gasteiger partial charge in [0, 0.05) is 16.1 Å². The zero-order valence-electron chi connectivity index (χ0n) is 7.98. The van der Waals surface area contributed by atoms with E-state index in [-0.39, 0.29) is 0 Å². The molecule has 0 saturated heterocycles. The number of hydrogen-bond donors (Lipinski definition) is 0. The maximum atomic E-state index is 11.1. The Kier molecular flexibility index (Phi) is 2.48. The summed E-state index contributed by atoms with van der Waals surface area (Å²) in [6.07, 6.45) is 0. The van der Waals surface area contributed by atoms with Gasteiger partial charge in [-0.25, -0.2) is 8.42 Å². The van der Waals surface area contributed by atoms with E-state index < -0.39 is 14.3 Å². The first-order chi connectivity index (χ1) is 6.98. The van der Waals surface area contributed by atoms with E-state index in [9.17, 15) is 8.42 Å². The van der Waals surface area contributed by atoms with Gasteiger partial charge in [-0.15, -0.1) is 0 Å². The van der Waals surface area contributed by atoms with Crippen LogP contribution in [0.3, 0.4) is 0 Å². The molecule has 0 fully saturated rings. The number of halogens is 1. The van der Waals surface area contributed by atoms with Crippen LogP contribution in [-0.4, -0.2) is 8.42 Å². The van der Waals surface area contributed by atoms with E-state index in [2.05, 4.69) is 0 Å². The standard InChI is InChI=1S/C10H9ClO3S/c1-7(15(11,12)13)10-6-8-4-2-3-5-9(8)14-10/h2-7H,1H3. The lowest BCUT2D eigenvalue weighted by Gasteiger charge is -2.01. The maximum absolute atomic E-state index is 11.1. The van der Waals surface area contributed by atoms with Crippen LogP contribution in [0.25, 0.3) is 11.0 Å². The Morgan fingerprint density at radius 3 is 2.60 bits per heavy atom. The molecular formula is C10H9ClO3S. The number of hydrogen-bond acceptors (Lipinski definition) is 3. The first kappa shape index (κ1) is 10.5. The van der Waals surface area contributed by atoms with Crippen LogP contribution in [0.5, 0.6) is 0 Å². The molecule has 1 aromatic carbocycles. The van der Waals surface area contributed by atoms with Crippen molar-refractivity contribution in [2.24, 2.45) is 0 Å². The first-order valence-corrected chi connectivity index (χ1v) is 6.77. The molecule has 1 aromatic heterocycles. The molecule has 1 heterocycles. The predicted octanol–water partition coefficient (Wildman–Crippen LogP) is 3.06. The van der Waals surface area contributed by atoms with Gasteiger partial charge in [-0.3, -0.25) is 0 Å². The van der Waals surface area contributed by atoms with Crippen molar-refractivity contribution in [2.75, 3.05) is 0 Å². The summed E-state index contributed by atoms with van der Waals surface area (Å²) in [5.41, 5.74) is 0.666. The van der Waals surface area contributed by atoms with Crippen molar-refractivity contribution in [1.82, 2.24) is 0 Å². The fourth-order valence-corrected chi connectivity index (χ4v) is 2.00. The van der Waals surface area contributed by atoms with Crippen molar-refractivity contribution in [3.05, 3.63) is 36.1 Å². The van der Waals surface area contributed by atoms with Gasteiger partial charge < -0.3 is 4.42 Å². The molecule has 1 atom stereocenters. The monoisotopic (exact) mass is 244 g/mol. The topological polar surface area (TPSA) is 47.3 Å². The highest BCUT2D eigenvalue weighted by Crippen LogP contribution is 2.29. The van der Waals surface area contributed by atoms with Gasteiger partial charge in [-0.1, -0.05) is 18.2 Å². The van der Waals surface area contributed by atoms with Gasteiger partial charge in [-0.2, -0.15) is 0 Å². The summed E-state index contributed by atoms with van der Waals surface area (Å²) < 4.78 is 27.6. The normalized spacial score (nSPS) is 14.3. The number of furan rings is 1. The third kappa shape index (κ3) is 2.01. The van der Waals surface area contributed by atoms with E-state index in [1.54, 1.807) is 12.1 Å². The SMILES string of the molecule is CC(c1cc2ccccc2o1)S(=O)(=O)Cl. The zero-order chi connectivity index (χ0) is 11.1. The van der Waals surface area contributed by atoms with Gasteiger partial charge in [0.1, 0.15) is 16.6 Å². The van der Waals surface area contributed by atoms with E-state index in [0.29, 0.717) is 11.3 Å². The summed E-state index contributed by atoms with van der Waals surface area (Å²) in [5, 5.41) is 0.0474. The quantitative estimate of drug-likeness (QED) is 0.763. The Labute approximate surface area is 92.1 Å². The number of fused-ring (bicyclic) bond motifs is 1. The van der Waals surface area contributed by atoms with E-state index in [0.717, 1.165) is 5.39 Å². The minimum absolute atomic E-state index is 0.367. The van der Waals surface area contributed by atoms with Crippen molar-refractivity contribution >= 4 is 30.7 Å². The first-order valence-electron chi connectivity index (χ1n) is 4.40. The number of rotatable bonds is 2. The fraction of sp³-hybridized carbons (Fsp3) is 0.200. The molecule has 0 bridgehead atoms. The fourth-order valence-electron chi connectivity index (χ4n) is 1.34. The second kappa shape index (κ2) is 3.54. The molecule has 2 rings (SSSR count). The molecule has 0 aliphatic carbocycles. The van der Waals surface area contributed by atoms with Gasteiger partial charge >= 0.3 is 0 Å². The third-order valence-corrected chi connectivity index (χ3v) is 4.15. The molecule has 0 aliphatic heterocycles. The zero-order valence-corrected chi connectivity index (χ0v) is 9.55. The lowest BCUT2D eigenvalue weighted by atomic mass is 10.2. The van der Waals surface area contributed by atoms with Gasteiger partial charge in [0.25, 0.3) is 0 Å². The smallest absolute Gasteiger partial charge is 0.242 e. The average molecular weight is 245 g/mol. The Morgan fingerprint density at radius 2 is 2.00 bits per heavy atom. The van der Waals surface area contributed by atoms with Crippen molar-refractivity contribution < 1.29 is 12.8 Å². The summed E-state index contributed by atoms with van der Waals surface area (Å²) in [4.78, 5) is 0. The maximum Gasteiger partial charge on any atom is 0.242 e. The van der Waals surface area contributed by atoms with Crippen LogP contribution in [0.1, 0.15) is 17.9 Å². The van der Waals surface area contributed by atoms with E-state index in [4.69, 9.17) is 15.1 Å². The summed E-state index contributed by atoms with van der Waals surface area (Å²) in [7, 11) is 1.63. The van der Waals surface area contributed by atoms with Gasteiger partial charge in [0.2, 0.25) is 9.05 Å². The molecular weight excluding hydrogens is 236 g/mol. The minimum atomic E-state index is -3.63. The second-order valence-corrected chi connectivity index (χ2v) is 6.25. The van der Waals surface area contributed by atoms with E-state index >= 15 is 0 Å². The molecule has 1 unspecified atom stereocenters. The van der Waals surface area contributed by atoms with E-state index in [1.807, 2.05) is 18.2 Å². The predicted molar refractivity (Wildman–Crippen MR) is 59.4 cm³/mol. The van der Waals surface area contributed by atoms with Gasteiger partial charge in [-0.05, 0) is 19.1 Å². The van der Waals surface area contributed by atoms with Crippen LogP contribution in [0, 0.1) is 0 Å². The lowest BCUT2D eigenvalue weighted by molar-refractivity contribution is 0.535. The molecule has 0 aliphatic rings. The lowest BCUT2D eigenvalue weighted by Crippen LogP contribution is -2.00. The highest BCUT2D eigenvalue weighted by atomic mass is 35.7. The largest absolute Gasteiger partial charge is 0.460 e. The van der Waals surface area contributed by atoms with Crippen LogP contribution in [0.4, 0.5) is 0 Å². The summed E-state index contributed by atoms with van der Waals surface area (Å²) in [6.45, 7) is 1.50. The van der Waals surface area contributed by atoms with Gasteiger partial charge in [0.05, 0.1) is 0 Å². The van der Waals surface area contributed by atoms with E-state index in [1.165, 1.54) is 6.92 Å². The van der Waals surface area contributed by atoms with Crippen molar-refractivity contribution in [2.45, 2.75) is 12.2 Å². The molecule has 80 valence electrons. The van der Waals surface area contributed by atoms with Crippen LogP contribution < -0.4 is 0 Å². The molecule has 0 N–H and O–H groups in total. The number of para-hydroxylation sites is 1. The van der Waals surface area contributed by atoms with Crippen molar-refractivity contribution in [3.63, 3.8) is 0 Å². The molecule has 0 saturated carbocycles. The summed E-state index contributed by atoms with van der Waals surface area (Å²) in [6, 6.07) is 9.03. The summed E-state index contributed by atoms with van der Waals surface area (Å²) in [5.74, 6) is 0.367. The third-order valence-electron chi connectivity index (χ3n) is 2.27. The van der Waals surface area contributed by atoms with Crippen LogP contribution in [0.2, 0.25) is 0 Å². The number of benzene rings is 1. The molecule has 0 amide bonds. The van der Waals surface area contributed by atoms with Crippen LogP contribution in [0.15, 0.2) is 34.7 Å². The Hall–Kier alpha value is -1.00. The molecule has 2 aromatic rings. The molecule has 0 radical (unpaired) electrons. The highest BCUT2D eigenvalue weighted by molar-refractivity contribution is 8.13. The average Bonchev–Trinajstić information content (AvgIpc) is 2.58. The summed E-state index contributed by atoms with van der Waals surface area (Å²) >= 11 is 0.